The molecule has 21 heavy (non-hydrogen) atoms. The minimum Gasteiger partial charge on any atom is -0.479 e. The van der Waals surface area contributed by atoms with Crippen LogP contribution in [0.15, 0.2) is 18.2 Å². The molecule has 1 rings (SSSR count). The lowest BCUT2D eigenvalue weighted by Crippen LogP contribution is -2.49. The minimum absolute atomic E-state index is 0.308. The van der Waals surface area contributed by atoms with E-state index < -0.39 is 24.1 Å². The predicted molar refractivity (Wildman–Crippen MR) is 74.5 cm³/mol. The maximum absolute atomic E-state index is 12.9. The molecule has 7 heteroatoms. The number of urea groups is 1. The van der Waals surface area contributed by atoms with E-state index in [-0.39, 0.29) is 5.82 Å². The summed E-state index contributed by atoms with van der Waals surface area (Å²) < 4.78 is 12.9. The van der Waals surface area contributed by atoms with Gasteiger partial charge in [-0.05, 0) is 43.5 Å². The summed E-state index contributed by atoms with van der Waals surface area (Å²) >= 11 is 0. The van der Waals surface area contributed by atoms with Crippen LogP contribution in [0.3, 0.4) is 0 Å². The Hall–Kier alpha value is -2.15. The van der Waals surface area contributed by atoms with E-state index in [2.05, 4.69) is 10.6 Å². The van der Waals surface area contributed by atoms with Gasteiger partial charge < -0.3 is 20.8 Å². The van der Waals surface area contributed by atoms with Crippen molar-refractivity contribution in [1.29, 1.82) is 0 Å². The van der Waals surface area contributed by atoms with Gasteiger partial charge in [0.15, 0.2) is 5.60 Å². The number of aliphatic hydroxyl groups is 1. The molecule has 116 valence electrons. The highest BCUT2D eigenvalue weighted by molar-refractivity contribution is 5.79. The van der Waals surface area contributed by atoms with Crippen LogP contribution in [0.4, 0.5) is 9.18 Å². The lowest BCUT2D eigenvalue weighted by Gasteiger charge is -2.18. The molecule has 1 aromatic rings. The average Bonchev–Trinajstić information content (AvgIpc) is 2.39. The third-order valence-electron chi connectivity index (χ3n) is 3.04. The number of aryl methyl sites for hydroxylation is 1. The maximum Gasteiger partial charge on any atom is 0.337 e. The summed E-state index contributed by atoms with van der Waals surface area (Å²) in [5.74, 6) is -1.72. The van der Waals surface area contributed by atoms with Crippen LogP contribution in [0.5, 0.6) is 0 Å². The third kappa shape index (κ3) is 5.39. The number of carboxylic acid groups (broad SMARTS) is 1. The number of benzene rings is 1. The Balaban J connectivity index is 2.35. The van der Waals surface area contributed by atoms with Crippen LogP contribution in [0.25, 0.3) is 0 Å². The first-order valence-electron chi connectivity index (χ1n) is 6.45. The van der Waals surface area contributed by atoms with Crippen molar-refractivity contribution in [1.82, 2.24) is 10.6 Å². The molecule has 0 aliphatic rings. The number of nitrogens with one attached hydrogen (secondary N) is 2. The van der Waals surface area contributed by atoms with Gasteiger partial charge in [0.25, 0.3) is 0 Å². The van der Waals surface area contributed by atoms with Crippen LogP contribution in [-0.2, 0) is 11.2 Å². The second-order valence-electron chi connectivity index (χ2n) is 5.01. The zero-order chi connectivity index (χ0) is 16.0. The highest BCUT2D eigenvalue weighted by atomic mass is 19.1. The van der Waals surface area contributed by atoms with Crippen LogP contribution in [0, 0.1) is 12.7 Å². The molecule has 1 aromatic carbocycles. The van der Waals surface area contributed by atoms with E-state index >= 15 is 0 Å². The van der Waals surface area contributed by atoms with E-state index in [1.807, 2.05) is 0 Å². The monoisotopic (exact) mass is 298 g/mol. The van der Waals surface area contributed by atoms with Crippen molar-refractivity contribution in [3.05, 3.63) is 35.1 Å². The van der Waals surface area contributed by atoms with Crippen molar-refractivity contribution in [2.24, 2.45) is 0 Å². The fourth-order valence-electron chi connectivity index (χ4n) is 1.64. The minimum atomic E-state index is -2.01. The smallest absolute Gasteiger partial charge is 0.337 e. The summed E-state index contributed by atoms with van der Waals surface area (Å²) in [5.41, 5.74) is -0.300. The van der Waals surface area contributed by atoms with Gasteiger partial charge in [-0.25, -0.2) is 14.0 Å². The van der Waals surface area contributed by atoms with E-state index in [0.29, 0.717) is 13.0 Å². The number of carbonyl (C=O) groups excluding carboxylic acids is 1. The van der Waals surface area contributed by atoms with E-state index in [0.717, 1.165) is 18.1 Å². The maximum atomic E-state index is 12.9. The number of hydrogen-bond acceptors (Lipinski definition) is 3. The number of carboxylic acids is 1. The van der Waals surface area contributed by atoms with Crippen LogP contribution in [0.2, 0.25) is 0 Å². The molecule has 0 radical (unpaired) electrons. The van der Waals surface area contributed by atoms with Crippen molar-refractivity contribution >= 4 is 12.0 Å². The second-order valence-corrected chi connectivity index (χ2v) is 5.01. The molecule has 0 saturated carbocycles. The van der Waals surface area contributed by atoms with Crippen LogP contribution in [-0.4, -0.2) is 40.9 Å². The number of carbonyl (C=O) groups is 2. The van der Waals surface area contributed by atoms with Crippen molar-refractivity contribution in [3.8, 4) is 0 Å². The predicted octanol–water partition coefficient (Wildman–Crippen LogP) is 0.811. The van der Waals surface area contributed by atoms with Crippen molar-refractivity contribution in [2.45, 2.75) is 25.9 Å². The molecular formula is C14H19FN2O4. The van der Waals surface area contributed by atoms with Crippen LogP contribution >= 0.6 is 0 Å². The van der Waals surface area contributed by atoms with Gasteiger partial charge in [0.2, 0.25) is 0 Å². The number of hydrogen-bond donors (Lipinski definition) is 4. The molecule has 0 aliphatic heterocycles. The Morgan fingerprint density at radius 3 is 2.57 bits per heavy atom. The molecular weight excluding hydrogens is 279 g/mol. The molecule has 0 spiro atoms. The van der Waals surface area contributed by atoms with Gasteiger partial charge in [-0.3, -0.25) is 0 Å². The highest BCUT2D eigenvalue weighted by Crippen LogP contribution is 2.10. The fraction of sp³-hybridized carbons (Fsp3) is 0.429. The summed E-state index contributed by atoms with van der Waals surface area (Å²) in [6, 6.07) is 3.85. The first-order chi connectivity index (χ1) is 9.72. The van der Waals surface area contributed by atoms with E-state index in [1.165, 1.54) is 12.1 Å². The first kappa shape index (κ1) is 16.9. The summed E-state index contributed by atoms with van der Waals surface area (Å²) in [4.78, 5) is 22.1. The van der Waals surface area contributed by atoms with Gasteiger partial charge in [-0.2, -0.15) is 0 Å². The molecule has 6 nitrogen and oxygen atoms in total. The van der Waals surface area contributed by atoms with E-state index in [9.17, 15) is 19.1 Å². The number of rotatable bonds is 6. The Bertz CT molecular complexity index is 532. The Morgan fingerprint density at radius 2 is 2.00 bits per heavy atom. The quantitative estimate of drug-likeness (QED) is 0.624. The van der Waals surface area contributed by atoms with Gasteiger partial charge in [0.1, 0.15) is 5.82 Å². The topological polar surface area (TPSA) is 98.7 Å². The van der Waals surface area contributed by atoms with E-state index in [1.54, 1.807) is 13.0 Å². The summed E-state index contributed by atoms with van der Waals surface area (Å²) in [6.07, 6.45) is 0.523. The molecule has 0 heterocycles. The van der Waals surface area contributed by atoms with Gasteiger partial charge in [0, 0.05) is 6.54 Å². The summed E-state index contributed by atoms with van der Waals surface area (Å²) in [5, 5.41) is 22.9. The average molecular weight is 298 g/mol. The molecule has 0 fully saturated rings. The fourth-order valence-corrected chi connectivity index (χ4v) is 1.64. The number of halogens is 1. The Kier molecular flexibility index (Phi) is 5.66. The van der Waals surface area contributed by atoms with Gasteiger partial charge in [-0.1, -0.05) is 6.07 Å². The van der Waals surface area contributed by atoms with Gasteiger partial charge >= 0.3 is 12.0 Å². The van der Waals surface area contributed by atoms with Crippen molar-refractivity contribution in [2.75, 3.05) is 13.1 Å². The van der Waals surface area contributed by atoms with E-state index in [4.69, 9.17) is 5.11 Å². The second kappa shape index (κ2) is 7.03. The molecule has 0 bridgehead atoms. The molecule has 0 aliphatic carbocycles. The molecule has 1 unspecified atom stereocenters. The lowest BCUT2D eigenvalue weighted by atomic mass is 10.1. The van der Waals surface area contributed by atoms with Crippen molar-refractivity contribution < 1.29 is 24.2 Å². The number of aliphatic carboxylic acids is 1. The molecule has 0 saturated heterocycles. The zero-order valence-electron chi connectivity index (χ0n) is 11.9. The van der Waals surface area contributed by atoms with Gasteiger partial charge in [0.05, 0.1) is 6.54 Å². The highest BCUT2D eigenvalue weighted by Gasteiger charge is 2.30. The van der Waals surface area contributed by atoms with Gasteiger partial charge in [-0.15, -0.1) is 0 Å². The first-order valence-corrected chi connectivity index (χ1v) is 6.45. The third-order valence-corrected chi connectivity index (χ3v) is 3.04. The Labute approximate surface area is 122 Å². The SMILES string of the molecule is Cc1cc(F)ccc1CCNC(=O)NCC(C)(O)C(=O)O. The molecule has 2 amide bonds. The molecule has 1 atom stereocenters. The zero-order valence-corrected chi connectivity index (χ0v) is 11.9. The normalized spacial score (nSPS) is 13.3. The Morgan fingerprint density at radius 1 is 1.33 bits per heavy atom. The molecule has 4 N–H and O–H groups in total. The lowest BCUT2D eigenvalue weighted by molar-refractivity contribution is -0.155. The van der Waals surface area contributed by atoms with Crippen molar-refractivity contribution in [3.63, 3.8) is 0 Å². The largest absolute Gasteiger partial charge is 0.479 e. The number of amides is 2. The van der Waals surface area contributed by atoms with Crippen LogP contribution < -0.4 is 10.6 Å². The molecule has 0 aromatic heterocycles. The summed E-state index contributed by atoms with van der Waals surface area (Å²) in [7, 11) is 0. The standard InChI is InChI=1S/C14H19FN2O4/c1-9-7-11(15)4-3-10(9)5-6-16-13(20)17-8-14(2,21)12(18)19/h3-4,7,21H,5-6,8H2,1-2H3,(H,18,19)(H2,16,17,20). The van der Waals surface area contributed by atoms with Crippen LogP contribution in [0.1, 0.15) is 18.1 Å². The summed E-state index contributed by atoms with van der Waals surface area (Å²) in [6.45, 7) is 2.79.